The van der Waals surface area contributed by atoms with Gasteiger partial charge in [-0.3, -0.25) is 4.79 Å². The van der Waals surface area contributed by atoms with Crippen molar-refractivity contribution in [3.05, 3.63) is 36.1 Å². The van der Waals surface area contributed by atoms with Crippen LogP contribution in [0.25, 0.3) is 11.0 Å². The van der Waals surface area contributed by atoms with E-state index in [9.17, 15) is 4.79 Å². The molecule has 1 saturated carbocycles. The maximum atomic E-state index is 12.7. The van der Waals surface area contributed by atoms with Gasteiger partial charge in [0.25, 0.3) is 0 Å². The van der Waals surface area contributed by atoms with Crippen molar-refractivity contribution in [3.8, 4) is 0 Å². The molecule has 1 aromatic carbocycles. The highest BCUT2D eigenvalue weighted by molar-refractivity contribution is 5.86. The topological polar surface area (TPSA) is 59.5 Å². The van der Waals surface area contributed by atoms with Crippen molar-refractivity contribution in [2.75, 3.05) is 7.05 Å². The molecule has 0 aliphatic heterocycles. The summed E-state index contributed by atoms with van der Waals surface area (Å²) >= 11 is 0. The lowest BCUT2D eigenvalue weighted by atomic mass is 9.96. The van der Waals surface area contributed by atoms with Crippen molar-refractivity contribution in [3.63, 3.8) is 0 Å². The number of benzene rings is 1. The molecular formula is C17H22N2O2. The highest BCUT2D eigenvalue weighted by Crippen LogP contribution is 2.32. The summed E-state index contributed by atoms with van der Waals surface area (Å²) in [4.78, 5) is 14.4. The first-order valence-corrected chi connectivity index (χ1v) is 7.56. The number of amides is 1. The van der Waals surface area contributed by atoms with Gasteiger partial charge in [-0.2, -0.15) is 0 Å². The van der Waals surface area contributed by atoms with Gasteiger partial charge in [0.15, 0.2) is 0 Å². The molecule has 1 aliphatic rings. The molecule has 3 rings (SSSR count). The van der Waals surface area contributed by atoms with Gasteiger partial charge in [0.2, 0.25) is 5.91 Å². The van der Waals surface area contributed by atoms with Crippen molar-refractivity contribution < 1.29 is 9.21 Å². The lowest BCUT2D eigenvalue weighted by Gasteiger charge is -2.32. The number of nitrogens with zero attached hydrogens (tertiary/aromatic N) is 1. The number of nitrogens with two attached hydrogens (primary N) is 1. The normalized spacial score (nSPS) is 18.8. The van der Waals surface area contributed by atoms with E-state index in [4.69, 9.17) is 10.2 Å². The molecule has 1 amide bonds. The van der Waals surface area contributed by atoms with Crippen LogP contribution in [0.4, 0.5) is 0 Å². The minimum Gasteiger partial charge on any atom is -0.459 e. The summed E-state index contributed by atoms with van der Waals surface area (Å²) in [5.41, 5.74) is 6.44. The first-order valence-electron chi connectivity index (χ1n) is 7.56. The Balaban J connectivity index is 1.83. The second kappa shape index (κ2) is 5.19. The third kappa shape index (κ3) is 2.44. The van der Waals surface area contributed by atoms with Gasteiger partial charge in [-0.25, -0.2) is 0 Å². The molecule has 0 bridgehead atoms. The van der Waals surface area contributed by atoms with Crippen LogP contribution in [0, 0.1) is 0 Å². The fraction of sp³-hybridized carbons (Fsp3) is 0.471. The predicted molar refractivity (Wildman–Crippen MR) is 82.8 cm³/mol. The van der Waals surface area contributed by atoms with Crippen molar-refractivity contribution in [2.24, 2.45) is 5.73 Å². The summed E-state index contributed by atoms with van der Waals surface area (Å²) in [5.74, 6) is 0.821. The van der Waals surface area contributed by atoms with E-state index in [2.05, 4.69) is 0 Å². The van der Waals surface area contributed by atoms with Crippen molar-refractivity contribution in [2.45, 2.75) is 44.2 Å². The van der Waals surface area contributed by atoms with Crippen LogP contribution in [-0.4, -0.2) is 23.4 Å². The number of likely N-dealkylation sites (N-methyl/N-ethyl adjacent to an activating group) is 1. The Morgan fingerprint density at radius 3 is 2.67 bits per heavy atom. The number of carbonyl (C=O) groups is 1. The van der Waals surface area contributed by atoms with E-state index in [-0.39, 0.29) is 11.9 Å². The van der Waals surface area contributed by atoms with Crippen LogP contribution in [0.5, 0.6) is 0 Å². The number of rotatable bonds is 3. The molecule has 1 unspecified atom stereocenters. The fourth-order valence-corrected chi connectivity index (χ4v) is 3.15. The number of hydrogen-bond donors (Lipinski definition) is 1. The molecule has 1 aliphatic carbocycles. The van der Waals surface area contributed by atoms with E-state index in [1.165, 1.54) is 0 Å². The largest absolute Gasteiger partial charge is 0.459 e. The number of hydrogen-bond acceptors (Lipinski definition) is 3. The van der Waals surface area contributed by atoms with Crippen molar-refractivity contribution in [1.29, 1.82) is 0 Å². The molecule has 1 heterocycles. The molecule has 1 atom stereocenters. The summed E-state index contributed by atoms with van der Waals surface area (Å²) in [7, 11) is 1.81. The Morgan fingerprint density at radius 1 is 1.33 bits per heavy atom. The summed E-state index contributed by atoms with van der Waals surface area (Å²) in [6, 6.07) is 9.76. The third-order valence-corrected chi connectivity index (χ3v) is 4.68. The fourth-order valence-electron chi connectivity index (χ4n) is 3.15. The maximum Gasteiger partial charge on any atom is 0.243 e. The van der Waals surface area contributed by atoms with Gasteiger partial charge in [0.05, 0.1) is 11.6 Å². The van der Waals surface area contributed by atoms with Crippen LogP contribution in [0.1, 0.15) is 44.4 Å². The van der Waals surface area contributed by atoms with Crippen LogP contribution in [0.15, 0.2) is 34.7 Å². The molecule has 0 saturated heterocycles. The van der Waals surface area contributed by atoms with E-state index < -0.39 is 5.54 Å². The lowest BCUT2D eigenvalue weighted by molar-refractivity contribution is -0.137. The zero-order valence-corrected chi connectivity index (χ0v) is 12.6. The Bertz CT molecular complexity index is 623. The zero-order valence-electron chi connectivity index (χ0n) is 12.6. The number of furan rings is 1. The van der Waals surface area contributed by atoms with Crippen LogP contribution < -0.4 is 5.73 Å². The van der Waals surface area contributed by atoms with Gasteiger partial charge in [0.1, 0.15) is 11.3 Å². The van der Waals surface area contributed by atoms with Gasteiger partial charge in [0, 0.05) is 12.4 Å². The molecule has 2 N–H and O–H groups in total. The standard InChI is InChI=1S/C17H22N2O2/c1-12(15-11-13-7-3-4-8-14(13)21-15)19(2)16(20)17(18)9-5-6-10-17/h3-4,7-8,11-12H,5-6,9-10,18H2,1-2H3. The van der Waals surface area contributed by atoms with Crippen LogP contribution >= 0.6 is 0 Å². The number of para-hydroxylation sites is 1. The molecule has 4 nitrogen and oxygen atoms in total. The van der Waals surface area contributed by atoms with Gasteiger partial charge in [-0.05, 0) is 31.9 Å². The SMILES string of the molecule is CC(c1cc2ccccc2o1)N(C)C(=O)C1(N)CCCC1. The van der Waals surface area contributed by atoms with E-state index in [1.54, 1.807) is 4.90 Å². The molecule has 112 valence electrons. The number of carbonyl (C=O) groups excluding carboxylic acids is 1. The second-order valence-corrected chi connectivity index (χ2v) is 6.14. The minimum absolute atomic E-state index is 0.0213. The second-order valence-electron chi connectivity index (χ2n) is 6.14. The summed E-state index contributed by atoms with van der Waals surface area (Å²) < 4.78 is 5.86. The maximum absolute atomic E-state index is 12.7. The third-order valence-electron chi connectivity index (χ3n) is 4.68. The van der Waals surface area contributed by atoms with E-state index in [0.717, 1.165) is 42.4 Å². The van der Waals surface area contributed by atoms with Gasteiger partial charge >= 0.3 is 0 Å². The van der Waals surface area contributed by atoms with E-state index in [1.807, 2.05) is 44.3 Å². The van der Waals surface area contributed by atoms with E-state index >= 15 is 0 Å². The molecule has 0 spiro atoms. The summed E-state index contributed by atoms with van der Waals surface area (Å²) in [6.45, 7) is 1.98. The zero-order chi connectivity index (χ0) is 15.0. The summed E-state index contributed by atoms with van der Waals surface area (Å²) in [6.07, 6.45) is 3.64. The highest BCUT2D eigenvalue weighted by atomic mass is 16.3. The summed E-state index contributed by atoms with van der Waals surface area (Å²) in [5, 5.41) is 1.06. The Hall–Kier alpha value is -1.81. The first-order chi connectivity index (χ1) is 10.0. The molecule has 2 aromatic rings. The van der Waals surface area contributed by atoms with Crippen LogP contribution in [-0.2, 0) is 4.79 Å². The monoisotopic (exact) mass is 286 g/mol. The molecule has 21 heavy (non-hydrogen) atoms. The quantitative estimate of drug-likeness (QED) is 0.942. The molecule has 0 radical (unpaired) electrons. The van der Waals surface area contributed by atoms with Crippen LogP contribution in [0.3, 0.4) is 0 Å². The Kier molecular flexibility index (Phi) is 3.49. The smallest absolute Gasteiger partial charge is 0.243 e. The Morgan fingerprint density at radius 2 is 2.00 bits per heavy atom. The molecule has 1 aromatic heterocycles. The molecule has 1 fully saturated rings. The molecule has 4 heteroatoms. The van der Waals surface area contributed by atoms with Gasteiger partial charge in [-0.15, -0.1) is 0 Å². The number of fused-ring (bicyclic) bond motifs is 1. The highest BCUT2D eigenvalue weighted by Gasteiger charge is 2.40. The minimum atomic E-state index is -0.685. The van der Waals surface area contributed by atoms with Gasteiger partial charge < -0.3 is 15.1 Å². The Labute approximate surface area is 124 Å². The van der Waals surface area contributed by atoms with Crippen molar-refractivity contribution >= 4 is 16.9 Å². The molecular weight excluding hydrogens is 264 g/mol. The average Bonchev–Trinajstić information content (AvgIpc) is 3.11. The first kappa shape index (κ1) is 14.1. The van der Waals surface area contributed by atoms with Gasteiger partial charge in [-0.1, -0.05) is 31.0 Å². The van der Waals surface area contributed by atoms with E-state index in [0.29, 0.717) is 0 Å². The van der Waals surface area contributed by atoms with Crippen LogP contribution in [0.2, 0.25) is 0 Å². The average molecular weight is 286 g/mol. The lowest BCUT2D eigenvalue weighted by Crippen LogP contribution is -2.52. The predicted octanol–water partition coefficient (Wildman–Crippen LogP) is 3.22. The van der Waals surface area contributed by atoms with Crippen molar-refractivity contribution in [1.82, 2.24) is 4.90 Å².